The number of carbonyl (C=O) groups excluding carboxylic acids is 1. The van der Waals surface area contributed by atoms with Crippen molar-refractivity contribution in [2.24, 2.45) is 13.0 Å². The average molecular weight is 306 g/mol. The molecule has 2 rings (SSSR count). The molecular weight excluding hydrogens is 284 g/mol. The third kappa shape index (κ3) is 2.92. The second-order valence-corrected chi connectivity index (χ2v) is 5.93. The Kier molecular flexibility index (Phi) is 4.42. The fourth-order valence-electron chi connectivity index (χ4n) is 2.30. The van der Waals surface area contributed by atoms with Gasteiger partial charge in [0, 0.05) is 13.6 Å². The highest BCUT2D eigenvalue weighted by Crippen LogP contribution is 2.20. The number of aliphatic hydroxyl groups is 1. The number of aromatic nitrogens is 1. The molecule has 120 valence electrons. The zero-order valence-corrected chi connectivity index (χ0v) is 13.3. The summed E-state index contributed by atoms with van der Waals surface area (Å²) in [6, 6.07) is 5.00. The summed E-state index contributed by atoms with van der Waals surface area (Å²) in [6.45, 7) is 5.75. The summed E-state index contributed by atoms with van der Waals surface area (Å²) in [5, 5.41) is 13.1. The molecule has 0 saturated carbocycles. The van der Waals surface area contributed by atoms with Gasteiger partial charge in [-0.05, 0) is 25.0 Å². The van der Waals surface area contributed by atoms with E-state index in [1.807, 2.05) is 13.8 Å². The number of hydrogen-bond acceptors (Lipinski definition) is 4. The second kappa shape index (κ2) is 5.96. The second-order valence-electron chi connectivity index (χ2n) is 5.93. The van der Waals surface area contributed by atoms with E-state index < -0.39 is 11.4 Å². The van der Waals surface area contributed by atoms with Crippen molar-refractivity contribution in [1.82, 2.24) is 9.88 Å². The van der Waals surface area contributed by atoms with Gasteiger partial charge < -0.3 is 14.8 Å². The predicted octanol–water partition coefficient (Wildman–Crippen LogP) is 1.66. The van der Waals surface area contributed by atoms with Gasteiger partial charge in [0.15, 0.2) is 5.58 Å². The molecule has 0 aliphatic rings. The summed E-state index contributed by atoms with van der Waals surface area (Å²) >= 11 is 0. The predicted molar refractivity (Wildman–Crippen MR) is 83.9 cm³/mol. The molecule has 0 saturated heterocycles. The standard InChI is InChI=1S/C16H22N2O4/c1-5-10(2)16(3,21)9-17-14(19)11-7-6-8-12-13(11)22-15(20)18(12)4/h6-8,10,21H,5,9H2,1-4H3,(H,17,19). The van der Waals surface area contributed by atoms with Crippen LogP contribution in [0.1, 0.15) is 37.6 Å². The van der Waals surface area contributed by atoms with Crippen LogP contribution in [0.2, 0.25) is 0 Å². The Balaban J connectivity index is 2.24. The summed E-state index contributed by atoms with van der Waals surface area (Å²) in [6.07, 6.45) is 0.812. The minimum Gasteiger partial charge on any atom is -0.407 e. The maximum atomic E-state index is 12.3. The normalized spacial score (nSPS) is 15.5. The van der Waals surface area contributed by atoms with E-state index in [9.17, 15) is 14.7 Å². The number of para-hydroxylation sites is 1. The zero-order valence-electron chi connectivity index (χ0n) is 13.3. The molecule has 2 N–H and O–H groups in total. The number of fused-ring (bicyclic) bond motifs is 1. The van der Waals surface area contributed by atoms with Crippen molar-refractivity contribution in [1.29, 1.82) is 0 Å². The number of benzene rings is 1. The minimum atomic E-state index is -0.990. The van der Waals surface area contributed by atoms with Crippen molar-refractivity contribution in [3.8, 4) is 0 Å². The first kappa shape index (κ1) is 16.3. The van der Waals surface area contributed by atoms with Crippen LogP contribution in [0.25, 0.3) is 11.1 Å². The van der Waals surface area contributed by atoms with Gasteiger partial charge in [-0.25, -0.2) is 4.79 Å². The minimum absolute atomic E-state index is 0.0539. The van der Waals surface area contributed by atoms with Crippen molar-refractivity contribution < 1.29 is 14.3 Å². The Bertz CT molecular complexity index is 742. The van der Waals surface area contributed by atoms with Crippen LogP contribution in [0.5, 0.6) is 0 Å². The summed E-state index contributed by atoms with van der Waals surface area (Å²) < 4.78 is 6.48. The Hall–Kier alpha value is -2.08. The van der Waals surface area contributed by atoms with E-state index in [0.29, 0.717) is 5.52 Å². The zero-order chi connectivity index (χ0) is 16.5. The van der Waals surface area contributed by atoms with Crippen LogP contribution >= 0.6 is 0 Å². The molecular formula is C16H22N2O4. The van der Waals surface area contributed by atoms with Crippen LogP contribution < -0.4 is 11.1 Å². The number of carbonyl (C=O) groups is 1. The molecule has 2 atom stereocenters. The summed E-state index contributed by atoms with van der Waals surface area (Å²) in [4.78, 5) is 23.9. The average Bonchev–Trinajstić information content (AvgIpc) is 2.79. The number of nitrogens with zero attached hydrogens (tertiary/aromatic N) is 1. The van der Waals surface area contributed by atoms with Crippen molar-refractivity contribution >= 4 is 17.0 Å². The van der Waals surface area contributed by atoms with Gasteiger partial charge in [0.05, 0.1) is 16.7 Å². The molecule has 22 heavy (non-hydrogen) atoms. The number of nitrogens with one attached hydrogen (secondary N) is 1. The van der Waals surface area contributed by atoms with Crippen molar-refractivity contribution in [3.63, 3.8) is 0 Å². The molecule has 0 fully saturated rings. The lowest BCUT2D eigenvalue weighted by Gasteiger charge is -2.29. The van der Waals surface area contributed by atoms with E-state index >= 15 is 0 Å². The van der Waals surface area contributed by atoms with E-state index in [1.54, 1.807) is 32.2 Å². The third-order valence-electron chi connectivity index (χ3n) is 4.34. The molecule has 1 heterocycles. The molecule has 1 amide bonds. The van der Waals surface area contributed by atoms with Crippen LogP contribution in [-0.4, -0.2) is 27.7 Å². The van der Waals surface area contributed by atoms with E-state index in [1.165, 1.54) is 4.57 Å². The number of rotatable bonds is 5. The largest absolute Gasteiger partial charge is 0.419 e. The van der Waals surface area contributed by atoms with Crippen LogP contribution in [0.15, 0.2) is 27.4 Å². The maximum Gasteiger partial charge on any atom is 0.419 e. The smallest absolute Gasteiger partial charge is 0.407 e. The highest BCUT2D eigenvalue weighted by molar-refractivity contribution is 6.04. The highest BCUT2D eigenvalue weighted by atomic mass is 16.4. The highest BCUT2D eigenvalue weighted by Gasteiger charge is 2.28. The molecule has 0 spiro atoms. The molecule has 0 aliphatic heterocycles. The molecule has 2 unspecified atom stereocenters. The van der Waals surface area contributed by atoms with Crippen molar-refractivity contribution in [3.05, 3.63) is 34.3 Å². The third-order valence-corrected chi connectivity index (χ3v) is 4.34. The van der Waals surface area contributed by atoms with Crippen LogP contribution in [-0.2, 0) is 7.05 Å². The summed E-state index contributed by atoms with van der Waals surface area (Å²) in [7, 11) is 1.59. The van der Waals surface area contributed by atoms with Crippen LogP contribution in [0, 0.1) is 5.92 Å². The van der Waals surface area contributed by atoms with E-state index in [-0.39, 0.29) is 29.5 Å². The molecule has 1 aromatic carbocycles. The number of hydrogen-bond donors (Lipinski definition) is 2. The topological polar surface area (TPSA) is 84.5 Å². The fourth-order valence-corrected chi connectivity index (χ4v) is 2.30. The Morgan fingerprint density at radius 2 is 2.18 bits per heavy atom. The van der Waals surface area contributed by atoms with Gasteiger partial charge in [-0.15, -0.1) is 0 Å². The van der Waals surface area contributed by atoms with Gasteiger partial charge in [0.1, 0.15) is 0 Å². The monoisotopic (exact) mass is 306 g/mol. The fraction of sp³-hybridized carbons (Fsp3) is 0.500. The first-order chi connectivity index (χ1) is 10.3. The number of oxazole rings is 1. The molecule has 6 heteroatoms. The van der Waals surface area contributed by atoms with Gasteiger partial charge >= 0.3 is 5.76 Å². The lowest BCUT2D eigenvalue weighted by atomic mass is 9.88. The SMILES string of the molecule is CCC(C)C(C)(O)CNC(=O)c1cccc2c1oc(=O)n2C. The quantitative estimate of drug-likeness (QED) is 0.880. The first-order valence-corrected chi connectivity index (χ1v) is 7.37. The molecule has 0 radical (unpaired) electrons. The molecule has 2 aromatic rings. The number of amides is 1. The van der Waals surface area contributed by atoms with Gasteiger partial charge in [-0.3, -0.25) is 9.36 Å². The van der Waals surface area contributed by atoms with Crippen LogP contribution in [0.4, 0.5) is 0 Å². The van der Waals surface area contributed by atoms with Crippen molar-refractivity contribution in [2.45, 2.75) is 32.8 Å². The Labute approximate surface area is 128 Å². The first-order valence-electron chi connectivity index (χ1n) is 7.37. The molecule has 0 aliphatic carbocycles. The van der Waals surface area contributed by atoms with E-state index in [0.717, 1.165) is 6.42 Å². The molecule has 1 aromatic heterocycles. The van der Waals surface area contributed by atoms with Crippen molar-refractivity contribution in [2.75, 3.05) is 6.54 Å². The summed E-state index contributed by atoms with van der Waals surface area (Å²) in [5.41, 5.74) is 0.118. The van der Waals surface area contributed by atoms with Gasteiger partial charge in [0.2, 0.25) is 0 Å². The molecule has 6 nitrogen and oxygen atoms in total. The van der Waals surface area contributed by atoms with E-state index in [2.05, 4.69) is 5.32 Å². The number of aryl methyl sites for hydroxylation is 1. The lowest BCUT2D eigenvalue weighted by molar-refractivity contribution is 0.00593. The Morgan fingerprint density at radius 3 is 2.82 bits per heavy atom. The van der Waals surface area contributed by atoms with Gasteiger partial charge in [0.25, 0.3) is 5.91 Å². The Morgan fingerprint density at radius 1 is 1.50 bits per heavy atom. The maximum absolute atomic E-state index is 12.3. The van der Waals surface area contributed by atoms with Crippen LogP contribution in [0.3, 0.4) is 0 Å². The molecule has 0 bridgehead atoms. The summed E-state index contributed by atoms with van der Waals surface area (Å²) in [5.74, 6) is -0.830. The van der Waals surface area contributed by atoms with E-state index in [4.69, 9.17) is 4.42 Å². The lowest BCUT2D eigenvalue weighted by Crippen LogP contribution is -2.45. The van der Waals surface area contributed by atoms with Gasteiger partial charge in [-0.1, -0.05) is 26.3 Å². The van der Waals surface area contributed by atoms with Gasteiger partial charge in [-0.2, -0.15) is 0 Å².